The van der Waals surface area contributed by atoms with E-state index >= 15 is 0 Å². The highest BCUT2D eigenvalue weighted by Gasteiger charge is 2.17. The van der Waals surface area contributed by atoms with Crippen LogP contribution >= 0.6 is 11.3 Å². The molecule has 9 heteroatoms. The van der Waals surface area contributed by atoms with Crippen molar-refractivity contribution in [1.29, 1.82) is 0 Å². The summed E-state index contributed by atoms with van der Waals surface area (Å²) in [5, 5.41) is 6.01. The second-order valence-electron chi connectivity index (χ2n) is 6.65. The number of aromatic nitrogens is 1. The molecule has 0 saturated heterocycles. The number of carbonyl (C=O) groups is 2. The lowest BCUT2D eigenvalue weighted by molar-refractivity contribution is -0.116. The molecule has 1 aromatic heterocycles. The summed E-state index contributed by atoms with van der Waals surface area (Å²) in [7, 11) is -3.31. The van der Waals surface area contributed by atoms with Gasteiger partial charge in [-0.3, -0.25) is 14.9 Å². The summed E-state index contributed by atoms with van der Waals surface area (Å²) in [6.07, 6.45) is 3.09. The first-order valence-corrected chi connectivity index (χ1v) is 11.4. The summed E-state index contributed by atoms with van der Waals surface area (Å²) >= 11 is 1.22. The number of nitrogens with zero attached hydrogens (tertiary/aromatic N) is 1. The largest absolute Gasteiger partial charge is 0.326 e. The highest BCUT2D eigenvalue weighted by molar-refractivity contribution is 7.90. The van der Waals surface area contributed by atoms with Crippen LogP contribution in [-0.2, 0) is 21.1 Å². The molecular formula is C19H17N3O4S2. The fourth-order valence-corrected chi connectivity index (χ4v) is 4.70. The molecule has 0 bridgehead atoms. The van der Waals surface area contributed by atoms with Gasteiger partial charge in [0, 0.05) is 23.9 Å². The molecule has 144 valence electrons. The third-order valence-electron chi connectivity index (χ3n) is 4.50. The van der Waals surface area contributed by atoms with Crippen molar-refractivity contribution in [3.63, 3.8) is 0 Å². The number of carbonyl (C=O) groups excluding carboxylic acids is 2. The third-order valence-corrected chi connectivity index (χ3v) is 6.54. The molecule has 1 aliphatic rings. The van der Waals surface area contributed by atoms with Crippen molar-refractivity contribution in [2.75, 3.05) is 16.9 Å². The number of anilines is 2. The predicted molar refractivity (Wildman–Crippen MR) is 109 cm³/mol. The van der Waals surface area contributed by atoms with E-state index in [1.54, 1.807) is 30.3 Å². The van der Waals surface area contributed by atoms with Gasteiger partial charge in [-0.2, -0.15) is 0 Å². The standard InChI is InChI=1S/C19H17N3O4S2/c1-28(25,26)13-6-8-15-16(10-13)27-19(21-15)22-18(24)12-5-7-14-11(9-12)3-2-4-17(23)20-14/h5-10H,2-4H2,1H3,(H,20,23)(H,21,22,24). The number of rotatable bonds is 3. The van der Waals surface area contributed by atoms with Gasteiger partial charge >= 0.3 is 0 Å². The van der Waals surface area contributed by atoms with Gasteiger partial charge in [-0.05, 0) is 54.8 Å². The zero-order chi connectivity index (χ0) is 19.9. The molecule has 2 N–H and O–H groups in total. The molecule has 0 saturated carbocycles. The van der Waals surface area contributed by atoms with Gasteiger partial charge in [-0.25, -0.2) is 13.4 Å². The molecule has 2 amide bonds. The van der Waals surface area contributed by atoms with Gasteiger partial charge in [0.05, 0.1) is 15.1 Å². The Balaban J connectivity index is 1.58. The lowest BCUT2D eigenvalue weighted by Crippen LogP contribution is -2.13. The van der Waals surface area contributed by atoms with E-state index in [1.165, 1.54) is 17.4 Å². The summed E-state index contributed by atoms with van der Waals surface area (Å²) in [6, 6.07) is 9.88. The molecular weight excluding hydrogens is 398 g/mol. The highest BCUT2D eigenvalue weighted by atomic mass is 32.2. The number of benzene rings is 2. The van der Waals surface area contributed by atoms with E-state index in [0.717, 1.165) is 30.3 Å². The maximum absolute atomic E-state index is 12.6. The van der Waals surface area contributed by atoms with Gasteiger partial charge in [0.25, 0.3) is 5.91 Å². The molecule has 28 heavy (non-hydrogen) atoms. The Morgan fingerprint density at radius 1 is 1.18 bits per heavy atom. The lowest BCUT2D eigenvalue weighted by atomic mass is 10.0. The molecule has 2 aromatic carbocycles. The molecule has 0 spiro atoms. The van der Waals surface area contributed by atoms with Crippen molar-refractivity contribution in [3.8, 4) is 0 Å². The summed E-state index contributed by atoms with van der Waals surface area (Å²) in [4.78, 5) is 28.8. The van der Waals surface area contributed by atoms with Gasteiger partial charge in [0.2, 0.25) is 5.91 Å². The Labute approximate surface area is 165 Å². The molecule has 0 aliphatic carbocycles. The number of aryl methyl sites for hydroxylation is 1. The first kappa shape index (κ1) is 18.6. The van der Waals surface area contributed by atoms with Gasteiger partial charge in [0.1, 0.15) is 0 Å². The summed E-state index contributed by atoms with van der Waals surface area (Å²) in [5.74, 6) is -0.320. The first-order chi connectivity index (χ1) is 13.3. The van der Waals surface area contributed by atoms with Gasteiger partial charge in [-0.1, -0.05) is 11.3 Å². The maximum Gasteiger partial charge on any atom is 0.257 e. The number of nitrogens with one attached hydrogen (secondary N) is 2. The average molecular weight is 415 g/mol. The molecule has 1 aliphatic heterocycles. The van der Waals surface area contributed by atoms with E-state index in [0.29, 0.717) is 27.3 Å². The van der Waals surface area contributed by atoms with Crippen molar-refractivity contribution in [2.45, 2.75) is 24.2 Å². The molecule has 0 atom stereocenters. The van der Waals surface area contributed by atoms with Gasteiger partial charge < -0.3 is 5.32 Å². The van der Waals surface area contributed by atoms with E-state index in [9.17, 15) is 18.0 Å². The monoisotopic (exact) mass is 415 g/mol. The normalized spacial score (nSPS) is 14.2. The second-order valence-corrected chi connectivity index (χ2v) is 9.69. The van der Waals surface area contributed by atoms with Crippen LogP contribution in [0.4, 0.5) is 10.8 Å². The van der Waals surface area contributed by atoms with Crippen LogP contribution in [0, 0.1) is 0 Å². The number of hydrogen-bond donors (Lipinski definition) is 2. The Bertz CT molecular complexity index is 1220. The van der Waals surface area contributed by atoms with Crippen LogP contribution in [0.2, 0.25) is 0 Å². The third kappa shape index (κ3) is 3.76. The topological polar surface area (TPSA) is 105 Å². The zero-order valence-electron chi connectivity index (χ0n) is 15.0. The lowest BCUT2D eigenvalue weighted by Gasteiger charge is -2.09. The van der Waals surface area contributed by atoms with Crippen LogP contribution in [0.3, 0.4) is 0 Å². The van der Waals surface area contributed by atoms with Crippen LogP contribution in [0.1, 0.15) is 28.8 Å². The van der Waals surface area contributed by atoms with Crippen molar-refractivity contribution >= 4 is 54.0 Å². The van der Waals surface area contributed by atoms with E-state index < -0.39 is 9.84 Å². The van der Waals surface area contributed by atoms with E-state index in [2.05, 4.69) is 15.6 Å². The van der Waals surface area contributed by atoms with Crippen LogP contribution in [-0.4, -0.2) is 31.5 Å². The number of sulfone groups is 1. The fourth-order valence-electron chi connectivity index (χ4n) is 3.07. The SMILES string of the molecule is CS(=O)(=O)c1ccc2nc(NC(=O)c3ccc4c(c3)CCCC(=O)N4)sc2c1. The zero-order valence-corrected chi connectivity index (χ0v) is 16.6. The van der Waals surface area contributed by atoms with Gasteiger partial charge in [-0.15, -0.1) is 0 Å². The molecule has 2 heterocycles. The average Bonchev–Trinajstić information content (AvgIpc) is 2.93. The Morgan fingerprint density at radius 2 is 2.00 bits per heavy atom. The minimum atomic E-state index is -3.31. The summed E-state index contributed by atoms with van der Waals surface area (Å²) in [5.41, 5.74) is 2.77. The summed E-state index contributed by atoms with van der Waals surface area (Å²) < 4.78 is 24.1. The number of fused-ring (bicyclic) bond motifs is 2. The molecule has 0 unspecified atom stereocenters. The van der Waals surface area contributed by atoms with Crippen LogP contribution in [0.25, 0.3) is 10.2 Å². The Kier molecular flexibility index (Phi) is 4.64. The summed E-state index contributed by atoms with van der Waals surface area (Å²) in [6.45, 7) is 0. The number of amides is 2. The second kappa shape index (κ2) is 6.99. The first-order valence-electron chi connectivity index (χ1n) is 8.64. The van der Waals surface area contributed by atoms with Crippen molar-refractivity contribution < 1.29 is 18.0 Å². The molecule has 0 fully saturated rings. The van der Waals surface area contributed by atoms with Crippen molar-refractivity contribution in [3.05, 3.63) is 47.5 Å². The van der Waals surface area contributed by atoms with E-state index in [1.807, 2.05) is 0 Å². The fraction of sp³-hybridized carbons (Fsp3) is 0.211. The molecule has 7 nitrogen and oxygen atoms in total. The van der Waals surface area contributed by atoms with Crippen LogP contribution < -0.4 is 10.6 Å². The van der Waals surface area contributed by atoms with Gasteiger partial charge in [0.15, 0.2) is 15.0 Å². The van der Waals surface area contributed by atoms with Crippen molar-refractivity contribution in [2.24, 2.45) is 0 Å². The Morgan fingerprint density at radius 3 is 2.79 bits per heavy atom. The minimum absolute atomic E-state index is 0.0149. The maximum atomic E-state index is 12.6. The van der Waals surface area contributed by atoms with Crippen LogP contribution in [0.5, 0.6) is 0 Å². The smallest absolute Gasteiger partial charge is 0.257 e. The minimum Gasteiger partial charge on any atom is -0.326 e. The van der Waals surface area contributed by atoms with E-state index in [4.69, 9.17) is 0 Å². The highest BCUT2D eigenvalue weighted by Crippen LogP contribution is 2.29. The molecule has 3 aromatic rings. The Hall–Kier alpha value is -2.78. The molecule has 4 rings (SSSR count). The number of thiazole rings is 1. The molecule has 0 radical (unpaired) electrons. The van der Waals surface area contributed by atoms with Crippen LogP contribution in [0.15, 0.2) is 41.3 Å². The number of hydrogen-bond acceptors (Lipinski definition) is 6. The van der Waals surface area contributed by atoms with E-state index in [-0.39, 0.29) is 16.7 Å². The quantitative estimate of drug-likeness (QED) is 0.683. The van der Waals surface area contributed by atoms with Crippen molar-refractivity contribution in [1.82, 2.24) is 4.98 Å². The predicted octanol–water partition coefficient (Wildman–Crippen LogP) is 3.23.